The monoisotopic (exact) mass is 356 g/mol. The molecule has 4 heteroatoms. The van der Waals surface area contributed by atoms with Crippen LogP contribution in [0.2, 0.25) is 0 Å². The van der Waals surface area contributed by atoms with Crippen LogP contribution in [-0.2, 0) is 11.3 Å². The first-order valence-corrected chi connectivity index (χ1v) is 8.68. The summed E-state index contributed by atoms with van der Waals surface area (Å²) in [6.45, 7) is 2.47. The third kappa shape index (κ3) is 5.04. The fraction of sp³-hybridized carbons (Fsp3) is 0.130. The van der Waals surface area contributed by atoms with E-state index in [1.165, 1.54) is 11.1 Å². The molecule has 1 heterocycles. The summed E-state index contributed by atoms with van der Waals surface area (Å²) in [5.41, 5.74) is 6.08. The minimum absolute atomic E-state index is 0.0708. The van der Waals surface area contributed by atoms with Crippen molar-refractivity contribution in [1.29, 1.82) is 0 Å². The lowest BCUT2D eigenvalue weighted by atomic mass is 9.97. The van der Waals surface area contributed by atoms with E-state index in [0.29, 0.717) is 12.2 Å². The van der Waals surface area contributed by atoms with Gasteiger partial charge in [-0.25, -0.2) is 4.98 Å². The summed E-state index contributed by atoms with van der Waals surface area (Å²) in [7, 11) is 0. The summed E-state index contributed by atoms with van der Waals surface area (Å²) in [5.74, 6) is 5.44. The molecule has 0 spiro atoms. The number of aromatic nitrogens is 1. The number of carboxylic acid groups (broad SMARTS) is 1. The molecule has 3 rings (SSSR count). The van der Waals surface area contributed by atoms with Crippen LogP contribution in [0.1, 0.15) is 22.4 Å². The summed E-state index contributed by atoms with van der Waals surface area (Å²) in [5, 5.41) is 11.5. The van der Waals surface area contributed by atoms with E-state index in [2.05, 4.69) is 47.3 Å². The molecule has 0 atom stereocenters. The standard InChI is InChI=1S/C23H20N2O2/c1-17-19(8-5-9-22(17)20-6-3-2-4-7-20)11-13-21-12-10-18(15-25-21)14-24-16-23(26)27/h2-10,12,15,24H,14,16H2,1H3,(H,26,27). The second-order valence-corrected chi connectivity index (χ2v) is 6.14. The van der Waals surface area contributed by atoms with Gasteiger partial charge < -0.3 is 10.4 Å². The molecule has 134 valence electrons. The van der Waals surface area contributed by atoms with Crippen LogP contribution in [0.5, 0.6) is 0 Å². The van der Waals surface area contributed by atoms with Crippen LogP contribution in [-0.4, -0.2) is 22.6 Å². The number of benzene rings is 2. The van der Waals surface area contributed by atoms with Crippen LogP contribution in [0, 0.1) is 18.8 Å². The lowest BCUT2D eigenvalue weighted by Crippen LogP contribution is -2.21. The lowest BCUT2D eigenvalue weighted by Gasteiger charge is -2.07. The number of hydrogen-bond acceptors (Lipinski definition) is 3. The summed E-state index contributed by atoms with van der Waals surface area (Å²) in [6, 6.07) is 20.1. The smallest absolute Gasteiger partial charge is 0.317 e. The fourth-order valence-corrected chi connectivity index (χ4v) is 2.75. The minimum Gasteiger partial charge on any atom is -0.480 e. The van der Waals surface area contributed by atoms with Crippen LogP contribution >= 0.6 is 0 Å². The van der Waals surface area contributed by atoms with E-state index in [9.17, 15) is 4.79 Å². The molecule has 0 aliphatic rings. The number of rotatable bonds is 5. The first-order valence-electron chi connectivity index (χ1n) is 8.68. The molecule has 0 unspecified atom stereocenters. The first kappa shape index (κ1) is 18.4. The van der Waals surface area contributed by atoms with Gasteiger partial charge in [0.25, 0.3) is 0 Å². The Morgan fingerprint density at radius 3 is 2.56 bits per heavy atom. The molecule has 2 N–H and O–H groups in total. The van der Waals surface area contributed by atoms with Gasteiger partial charge in [0.15, 0.2) is 0 Å². The Kier molecular flexibility index (Phi) is 5.98. The number of nitrogens with zero attached hydrogens (tertiary/aromatic N) is 1. The second kappa shape index (κ2) is 8.79. The molecule has 27 heavy (non-hydrogen) atoms. The SMILES string of the molecule is Cc1c(C#Cc2ccc(CNCC(=O)O)cn2)cccc1-c1ccccc1. The quantitative estimate of drug-likeness (QED) is 0.685. The van der Waals surface area contributed by atoms with Crippen LogP contribution in [0.3, 0.4) is 0 Å². The van der Waals surface area contributed by atoms with E-state index in [1.807, 2.05) is 42.5 Å². The molecule has 2 aromatic carbocycles. The Bertz CT molecular complexity index is 984. The Labute approximate surface area is 158 Å². The molecule has 0 bridgehead atoms. The number of hydrogen-bond donors (Lipinski definition) is 2. The molecule has 0 fully saturated rings. The zero-order valence-corrected chi connectivity index (χ0v) is 15.1. The van der Waals surface area contributed by atoms with Gasteiger partial charge in [-0.3, -0.25) is 4.79 Å². The van der Waals surface area contributed by atoms with Crippen molar-refractivity contribution in [3.8, 4) is 23.0 Å². The first-order chi connectivity index (χ1) is 13.1. The van der Waals surface area contributed by atoms with Crippen molar-refractivity contribution >= 4 is 5.97 Å². The molecular formula is C23H20N2O2. The molecule has 1 aromatic heterocycles. The molecule has 0 aliphatic heterocycles. The molecule has 3 aromatic rings. The van der Waals surface area contributed by atoms with Gasteiger partial charge in [0.1, 0.15) is 5.69 Å². The Morgan fingerprint density at radius 2 is 1.85 bits per heavy atom. The highest BCUT2D eigenvalue weighted by atomic mass is 16.4. The van der Waals surface area contributed by atoms with Crippen molar-refractivity contribution in [2.45, 2.75) is 13.5 Å². The van der Waals surface area contributed by atoms with E-state index in [4.69, 9.17) is 5.11 Å². The molecule has 0 saturated carbocycles. The van der Waals surface area contributed by atoms with E-state index >= 15 is 0 Å². The molecule has 0 saturated heterocycles. The number of aliphatic carboxylic acids is 1. The molecule has 0 radical (unpaired) electrons. The highest BCUT2D eigenvalue weighted by Gasteiger charge is 2.04. The molecule has 0 aliphatic carbocycles. The summed E-state index contributed by atoms with van der Waals surface area (Å²) in [6.07, 6.45) is 1.71. The van der Waals surface area contributed by atoms with Gasteiger partial charge in [-0.15, -0.1) is 0 Å². The highest BCUT2D eigenvalue weighted by Crippen LogP contribution is 2.25. The van der Waals surface area contributed by atoms with Crippen LogP contribution in [0.25, 0.3) is 11.1 Å². The number of carbonyl (C=O) groups is 1. The topological polar surface area (TPSA) is 62.2 Å². The Balaban J connectivity index is 1.75. The zero-order chi connectivity index (χ0) is 19.1. The van der Waals surface area contributed by atoms with Crippen LogP contribution < -0.4 is 5.32 Å². The maximum Gasteiger partial charge on any atom is 0.317 e. The van der Waals surface area contributed by atoms with E-state index in [-0.39, 0.29) is 6.54 Å². The third-order valence-corrected chi connectivity index (χ3v) is 4.17. The maximum absolute atomic E-state index is 10.5. The van der Waals surface area contributed by atoms with Crippen molar-refractivity contribution < 1.29 is 9.90 Å². The van der Waals surface area contributed by atoms with Gasteiger partial charge in [0, 0.05) is 18.3 Å². The van der Waals surface area contributed by atoms with Crippen molar-refractivity contribution in [3.63, 3.8) is 0 Å². The predicted octanol–water partition coefficient (Wildman–Crippen LogP) is 3.63. The van der Waals surface area contributed by atoms with E-state index in [1.54, 1.807) is 6.20 Å². The maximum atomic E-state index is 10.5. The van der Waals surface area contributed by atoms with Crippen molar-refractivity contribution in [2.75, 3.05) is 6.54 Å². The van der Waals surface area contributed by atoms with Gasteiger partial charge in [-0.1, -0.05) is 54.5 Å². The highest BCUT2D eigenvalue weighted by molar-refractivity contribution is 5.70. The predicted molar refractivity (Wildman–Crippen MR) is 106 cm³/mol. The number of nitrogens with one attached hydrogen (secondary N) is 1. The summed E-state index contributed by atoms with van der Waals surface area (Å²) >= 11 is 0. The Hall–Kier alpha value is -3.42. The van der Waals surface area contributed by atoms with Gasteiger partial charge in [0.2, 0.25) is 0 Å². The van der Waals surface area contributed by atoms with Gasteiger partial charge in [-0.05, 0) is 47.2 Å². The number of carboxylic acids is 1. The van der Waals surface area contributed by atoms with Gasteiger partial charge in [0.05, 0.1) is 6.54 Å². The second-order valence-electron chi connectivity index (χ2n) is 6.14. The molecular weight excluding hydrogens is 336 g/mol. The Morgan fingerprint density at radius 1 is 1.04 bits per heavy atom. The normalized spacial score (nSPS) is 10.1. The minimum atomic E-state index is -0.876. The largest absolute Gasteiger partial charge is 0.480 e. The summed E-state index contributed by atoms with van der Waals surface area (Å²) in [4.78, 5) is 14.8. The van der Waals surface area contributed by atoms with Crippen molar-refractivity contribution in [2.24, 2.45) is 0 Å². The summed E-state index contributed by atoms with van der Waals surface area (Å²) < 4.78 is 0. The number of pyridine rings is 1. The van der Waals surface area contributed by atoms with Crippen molar-refractivity contribution in [1.82, 2.24) is 10.3 Å². The van der Waals surface area contributed by atoms with Gasteiger partial charge >= 0.3 is 5.97 Å². The molecule has 4 nitrogen and oxygen atoms in total. The lowest BCUT2D eigenvalue weighted by molar-refractivity contribution is -0.135. The van der Waals surface area contributed by atoms with E-state index < -0.39 is 5.97 Å². The fourth-order valence-electron chi connectivity index (χ4n) is 2.75. The van der Waals surface area contributed by atoms with Crippen molar-refractivity contribution in [3.05, 3.63) is 89.2 Å². The average Bonchev–Trinajstić information content (AvgIpc) is 2.69. The molecule has 0 amide bonds. The van der Waals surface area contributed by atoms with Gasteiger partial charge in [-0.2, -0.15) is 0 Å². The van der Waals surface area contributed by atoms with Crippen LogP contribution in [0.4, 0.5) is 0 Å². The average molecular weight is 356 g/mol. The third-order valence-electron chi connectivity index (χ3n) is 4.17. The van der Waals surface area contributed by atoms with Crippen LogP contribution in [0.15, 0.2) is 66.9 Å². The zero-order valence-electron chi connectivity index (χ0n) is 15.1. The van der Waals surface area contributed by atoms with E-state index in [0.717, 1.165) is 16.7 Å².